The minimum Gasteiger partial charge on any atom is -0.497 e. The molecule has 0 saturated carbocycles. The number of benzene rings is 1. The van der Waals surface area contributed by atoms with Crippen LogP contribution in [-0.4, -0.2) is 27.3 Å². The van der Waals surface area contributed by atoms with Gasteiger partial charge in [0, 0.05) is 12.1 Å². The van der Waals surface area contributed by atoms with E-state index in [2.05, 4.69) is 32.2 Å². The fraction of sp³-hybridized carbons (Fsp3) is 0.600. The van der Waals surface area contributed by atoms with Gasteiger partial charge in [-0.3, -0.25) is 0 Å². The largest absolute Gasteiger partial charge is 0.497 e. The lowest BCUT2D eigenvalue weighted by Gasteiger charge is -2.18. The number of ether oxygens (including phenoxy) is 2. The van der Waals surface area contributed by atoms with Crippen molar-refractivity contribution in [1.82, 2.24) is 5.32 Å². The van der Waals surface area contributed by atoms with Gasteiger partial charge in [-0.05, 0) is 36.6 Å². The lowest BCUT2D eigenvalue weighted by Crippen LogP contribution is -2.24. The van der Waals surface area contributed by atoms with Crippen LogP contribution in [0.2, 0.25) is 0 Å². The Kier molecular flexibility index (Phi) is 5.99. The van der Waals surface area contributed by atoms with Gasteiger partial charge < -0.3 is 14.8 Å². The fourth-order valence-electron chi connectivity index (χ4n) is 1.92. The molecule has 0 radical (unpaired) electrons. The van der Waals surface area contributed by atoms with E-state index in [4.69, 9.17) is 9.47 Å². The van der Waals surface area contributed by atoms with Crippen molar-refractivity contribution in [2.45, 2.75) is 26.7 Å². The average molecular weight is 251 g/mol. The Balaban J connectivity index is 2.72. The maximum atomic E-state index is 5.41. The first-order valence-electron chi connectivity index (χ1n) is 6.51. The summed E-state index contributed by atoms with van der Waals surface area (Å²) in [6, 6.07) is 5.95. The molecule has 0 bridgehead atoms. The molecule has 18 heavy (non-hydrogen) atoms. The molecule has 1 N–H and O–H groups in total. The van der Waals surface area contributed by atoms with Gasteiger partial charge in [0.25, 0.3) is 0 Å². The van der Waals surface area contributed by atoms with Crippen LogP contribution < -0.4 is 14.8 Å². The first kappa shape index (κ1) is 14.8. The maximum Gasteiger partial charge on any atom is 0.122 e. The second-order valence-electron chi connectivity index (χ2n) is 5.06. The molecule has 0 aliphatic heterocycles. The summed E-state index contributed by atoms with van der Waals surface area (Å²) in [5, 5.41) is 3.48. The first-order chi connectivity index (χ1) is 8.58. The molecule has 1 aromatic carbocycles. The number of hydrogen-bond acceptors (Lipinski definition) is 3. The van der Waals surface area contributed by atoms with E-state index in [0.29, 0.717) is 11.8 Å². The highest BCUT2D eigenvalue weighted by atomic mass is 16.5. The third-order valence-electron chi connectivity index (χ3n) is 2.97. The third kappa shape index (κ3) is 4.22. The van der Waals surface area contributed by atoms with E-state index in [9.17, 15) is 0 Å². The molecule has 0 spiro atoms. The second-order valence-corrected chi connectivity index (χ2v) is 5.06. The van der Waals surface area contributed by atoms with Crippen LogP contribution in [0, 0.1) is 5.92 Å². The Hall–Kier alpha value is -1.22. The van der Waals surface area contributed by atoms with Gasteiger partial charge in [0.2, 0.25) is 0 Å². The van der Waals surface area contributed by atoms with Gasteiger partial charge in [0.15, 0.2) is 0 Å². The molecular formula is C15H25NO2. The van der Waals surface area contributed by atoms with Crippen LogP contribution in [0.15, 0.2) is 18.2 Å². The summed E-state index contributed by atoms with van der Waals surface area (Å²) in [5.74, 6) is 2.87. The van der Waals surface area contributed by atoms with E-state index < -0.39 is 0 Å². The van der Waals surface area contributed by atoms with Crippen molar-refractivity contribution in [1.29, 1.82) is 0 Å². The Morgan fingerprint density at radius 2 is 1.78 bits per heavy atom. The van der Waals surface area contributed by atoms with E-state index >= 15 is 0 Å². The summed E-state index contributed by atoms with van der Waals surface area (Å²) in [5.41, 5.74) is 1.19. The SMILES string of the molecule is COc1ccc(OC)c(C(C)CNCC(C)C)c1. The van der Waals surface area contributed by atoms with Gasteiger partial charge >= 0.3 is 0 Å². The highest BCUT2D eigenvalue weighted by molar-refractivity contribution is 5.42. The molecule has 1 rings (SSSR count). The van der Waals surface area contributed by atoms with Crippen LogP contribution >= 0.6 is 0 Å². The van der Waals surface area contributed by atoms with Crippen molar-refractivity contribution < 1.29 is 9.47 Å². The Bertz CT molecular complexity index is 364. The standard InChI is InChI=1S/C15H25NO2/c1-11(2)9-16-10-12(3)14-8-13(17-4)6-7-15(14)18-5/h6-8,11-12,16H,9-10H2,1-5H3. The zero-order chi connectivity index (χ0) is 13.5. The van der Waals surface area contributed by atoms with E-state index in [-0.39, 0.29) is 0 Å². The Morgan fingerprint density at radius 3 is 2.33 bits per heavy atom. The monoisotopic (exact) mass is 251 g/mol. The lowest BCUT2D eigenvalue weighted by molar-refractivity contribution is 0.394. The summed E-state index contributed by atoms with van der Waals surface area (Å²) in [6.45, 7) is 8.61. The Labute approximate surface area is 110 Å². The van der Waals surface area contributed by atoms with Crippen LogP contribution in [0.5, 0.6) is 11.5 Å². The zero-order valence-corrected chi connectivity index (χ0v) is 12.1. The molecule has 0 aliphatic rings. The minimum absolute atomic E-state index is 0.397. The van der Waals surface area contributed by atoms with Gasteiger partial charge in [-0.1, -0.05) is 20.8 Å². The van der Waals surface area contributed by atoms with Crippen LogP contribution in [-0.2, 0) is 0 Å². The van der Waals surface area contributed by atoms with Crippen LogP contribution in [0.1, 0.15) is 32.3 Å². The first-order valence-corrected chi connectivity index (χ1v) is 6.51. The van der Waals surface area contributed by atoms with E-state index in [1.807, 2.05) is 12.1 Å². The number of rotatable bonds is 7. The predicted molar refractivity (Wildman–Crippen MR) is 75.7 cm³/mol. The molecule has 1 unspecified atom stereocenters. The summed E-state index contributed by atoms with van der Waals surface area (Å²) in [6.07, 6.45) is 0. The van der Waals surface area contributed by atoms with Crippen molar-refractivity contribution >= 4 is 0 Å². The molecule has 0 amide bonds. The van der Waals surface area contributed by atoms with Crippen LogP contribution in [0.4, 0.5) is 0 Å². The molecule has 0 saturated heterocycles. The van der Waals surface area contributed by atoms with Crippen LogP contribution in [0.25, 0.3) is 0 Å². The van der Waals surface area contributed by atoms with Crippen LogP contribution in [0.3, 0.4) is 0 Å². The summed E-state index contributed by atoms with van der Waals surface area (Å²) < 4.78 is 10.7. The smallest absolute Gasteiger partial charge is 0.122 e. The third-order valence-corrected chi connectivity index (χ3v) is 2.97. The molecule has 0 aromatic heterocycles. The Morgan fingerprint density at radius 1 is 1.06 bits per heavy atom. The molecule has 102 valence electrons. The molecule has 0 fully saturated rings. The van der Waals surface area contributed by atoms with Gasteiger partial charge in [0.1, 0.15) is 11.5 Å². The minimum atomic E-state index is 0.397. The average Bonchev–Trinajstić information content (AvgIpc) is 2.37. The van der Waals surface area contributed by atoms with E-state index in [1.54, 1.807) is 14.2 Å². The van der Waals surface area contributed by atoms with Gasteiger partial charge in [0.05, 0.1) is 14.2 Å². The lowest BCUT2D eigenvalue weighted by atomic mass is 9.99. The molecule has 1 aromatic rings. The summed E-state index contributed by atoms with van der Waals surface area (Å²) in [4.78, 5) is 0. The van der Waals surface area contributed by atoms with Crippen molar-refractivity contribution in [3.8, 4) is 11.5 Å². The quantitative estimate of drug-likeness (QED) is 0.808. The normalized spacial score (nSPS) is 12.6. The molecule has 0 heterocycles. The van der Waals surface area contributed by atoms with E-state index in [0.717, 1.165) is 24.6 Å². The summed E-state index contributed by atoms with van der Waals surface area (Å²) >= 11 is 0. The van der Waals surface area contributed by atoms with Gasteiger partial charge in [-0.25, -0.2) is 0 Å². The molecule has 0 aliphatic carbocycles. The number of methoxy groups -OCH3 is 2. The number of nitrogens with one attached hydrogen (secondary N) is 1. The zero-order valence-electron chi connectivity index (χ0n) is 12.1. The van der Waals surface area contributed by atoms with Crippen molar-refractivity contribution in [2.24, 2.45) is 5.92 Å². The van der Waals surface area contributed by atoms with E-state index in [1.165, 1.54) is 5.56 Å². The fourth-order valence-corrected chi connectivity index (χ4v) is 1.92. The van der Waals surface area contributed by atoms with Gasteiger partial charge in [-0.15, -0.1) is 0 Å². The molecule has 3 heteroatoms. The van der Waals surface area contributed by atoms with Crippen molar-refractivity contribution in [3.05, 3.63) is 23.8 Å². The van der Waals surface area contributed by atoms with Crippen molar-refractivity contribution in [2.75, 3.05) is 27.3 Å². The molecular weight excluding hydrogens is 226 g/mol. The van der Waals surface area contributed by atoms with Crippen molar-refractivity contribution in [3.63, 3.8) is 0 Å². The highest BCUT2D eigenvalue weighted by Crippen LogP contribution is 2.30. The highest BCUT2D eigenvalue weighted by Gasteiger charge is 2.12. The topological polar surface area (TPSA) is 30.5 Å². The maximum absolute atomic E-state index is 5.41. The molecule has 3 nitrogen and oxygen atoms in total. The second kappa shape index (κ2) is 7.27. The predicted octanol–water partition coefficient (Wildman–Crippen LogP) is 3.05. The van der Waals surface area contributed by atoms with Gasteiger partial charge in [-0.2, -0.15) is 0 Å². The molecule has 1 atom stereocenters. The summed E-state index contributed by atoms with van der Waals surface area (Å²) in [7, 11) is 3.40. The number of hydrogen-bond donors (Lipinski definition) is 1.